The molecule has 0 bridgehead atoms. The molecule has 0 saturated heterocycles. The molecular formula is C17H15FN2O3. The molecule has 0 amide bonds. The number of carbonyl (C=O) groups is 1. The van der Waals surface area contributed by atoms with Crippen LogP contribution in [0.5, 0.6) is 5.75 Å². The molecule has 5 nitrogen and oxygen atoms in total. The fourth-order valence-electron chi connectivity index (χ4n) is 2.37. The summed E-state index contributed by atoms with van der Waals surface area (Å²) in [5.41, 5.74) is 1.98. The predicted molar refractivity (Wildman–Crippen MR) is 83.1 cm³/mol. The summed E-state index contributed by atoms with van der Waals surface area (Å²) in [6, 6.07) is 9.27. The number of carbonyl (C=O) groups excluding carboxylic acids is 1. The van der Waals surface area contributed by atoms with Gasteiger partial charge in [0.05, 0.1) is 19.2 Å². The predicted octanol–water partition coefficient (Wildman–Crippen LogP) is 3.33. The zero-order valence-corrected chi connectivity index (χ0v) is 12.7. The monoisotopic (exact) mass is 314 g/mol. The van der Waals surface area contributed by atoms with Gasteiger partial charge in [-0.3, -0.25) is 0 Å². The van der Waals surface area contributed by atoms with Gasteiger partial charge in [0, 0.05) is 17.8 Å². The molecule has 0 unspecified atom stereocenters. The number of hydrogen-bond acceptors (Lipinski definition) is 4. The number of aromatic nitrogens is 2. The zero-order chi connectivity index (χ0) is 16.4. The van der Waals surface area contributed by atoms with Crippen molar-refractivity contribution in [2.75, 3.05) is 13.7 Å². The Morgan fingerprint density at radius 3 is 2.65 bits per heavy atom. The third-order valence-electron chi connectivity index (χ3n) is 3.44. The summed E-state index contributed by atoms with van der Waals surface area (Å²) in [5.74, 6) is -0.222. The standard InChI is InChI=1S/C17H15FN2O3/c1-3-23-17(21)15-14-10-13(22-2)8-9-20(14)19-16(15)11-4-6-12(18)7-5-11/h4-10H,3H2,1-2H3. The maximum Gasteiger partial charge on any atom is 0.342 e. The minimum absolute atomic E-state index is 0.253. The fraction of sp³-hybridized carbons (Fsp3) is 0.176. The topological polar surface area (TPSA) is 52.8 Å². The molecule has 0 N–H and O–H groups in total. The molecule has 0 radical (unpaired) electrons. The molecule has 0 atom stereocenters. The van der Waals surface area contributed by atoms with E-state index in [1.54, 1.807) is 49.0 Å². The van der Waals surface area contributed by atoms with Crippen LogP contribution in [0.15, 0.2) is 42.6 Å². The summed E-state index contributed by atoms with van der Waals surface area (Å²) >= 11 is 0. The molecule has 118 valence electrons. The number of hydrogen-bond donors (Lipinski definition) is 0. The lowest BCUT2D eigenvalue weighted by Gasteiger charge is -2.04. The van der Waals surface area contributed by atoms with E-state index >= 15 is 0 Å². The zero-order valence-electron chi connectivity index (χ0n) is 12.7. The van der Waals surface area contributed by atoms with Crippen LogP contribution in [0.1, 0.15) is 17.3 Å². The summed E-state index contributed by atoms with van der Waals surface area (Å²) in [6.07, 6.45) is 1.70. The van der Waals surface area contributed by atoms with E-state index in [1.165, 1.54) is 12.1 Å². The molecule has 0 aliphatic rings. The van der Waals surface area contributed by atoms with E-state index in [0.717, 1.165) is 0 Å². The van der Waals surface area contributed by atoms with E-state index < -0.39 is 5.97 Å². The lowest BCUT2D eigenvalue weighted by Crippen LogP contribution is -2.05. The Morgan fingerprint density at radius 2 is 2.00 bits per heavy atom. The Hall–Kier alpha value is -2.89. The minimum Gasteiger partial charge on any atom is -0.497 e. The number of ether oxygens (including phenoxy) is 2. The average Bonchev–Trinajstić information content (AvgIpc) is 2.94. The number of benzene rings is 1. The normalized spacial score (nSPS) is 10.7. The number of pyridine rings is 1. The Balaban J connectivity index is 2.25. The van der Waals surface area contributed by atoms with Crippen LogP contribution in [0.2, 0.25) is 0 Å². The van der Waals surface area contributed by atoms with Crippen LogP contribution < -0.4 is 4.74 Å². The van der Waals surface area contributed by atoms with E-state index in [-0.39, 0.29) is 12.4 Å². The van der Waals surface area contributed by atoms with Crippen LogP contribution in [0.3, 0.4) is 0 Å². The highest BCUT2D eigenvalue weighted by atomic mass is 19.1. The lowest BCUT2D eigenvalue weighted by atomic mass is 10.1. The molecule has 1 aromatic carbocycles. The second-order valence-corrected chi connectivity index (χ2v) is 4.85. The Bertz CT molecular complexity index is 856. The van der Waals surface area contributed by atoms with E-state index in [1.807, 2.05) is 0 Å². The van der Waals surface area contributed by atoms with Gasteiger partial charge >= 0.3 is 5.97 Å². The number of fused-ring (bicyclic) bond motifs is 1. The third kappa shape index (κ3) is 2.75. The van der Waals surface area contributed by atoms with Gasteiger partial charge in [0.25, 0.3) is 0 Å². The molecule has 3 rings (SSSR count). The van der Waals surface area contributed by atoms with Crippen molar-refractivity contribution in [1.82, 2.24) is 9.61 Å². The number of halogens is 1. The molecule has 2 aromatic heterocycles. The van der Waals surface area contributed by atoms with Crippen LogP contribution >= 0.6 is 0 Å². The molecule has 6 heteroatoms. The highest BCUT2D eigenvalue weighted by molar-refractivity contribution is 6.03. The van der Waals surface area contributed by atoms with E-state index in [9.17, 15) is 9.18 Å². The maximum atomic E-state index is 13.2. The van der Waals surface area contributed by atoms with Crippen molar-refractivity contribution in [1.29, 1.82) is 0 Å². The second kappa shape index (κ2) is 6.08. The molecule has 0 aliphatic heterocycles. The van der Waals surface area contributed by atoms with Gasteiger partial charge in [0.2, 0.25) is 0 Å². The summed E-state index contributed by atoms with van der Waals surface area (Å²) in [6.45, 7) is 1.99. The number of esters is 1. The first-order chi connectivity index (χ1) is 11.1. The van der Waals surface area contributed by atoms with Crippen LogP contribution in [0.25, 0.3) is 16.8 Å². The number of rotatable bonds is 4. The van der Waals surface area contributed by atoms with E-state index in [4.69, 9.17) is 9.47 Å². The summed E-state index contributed by atoms with van der Waals surface area (Å²) in [4.78, 5) is 12.4. The van der Waals surface area contributed by atoms with Crippen molar-refractivity contribution in [3.8, 4) is 17.0 Å². The Labute approximate surface area is 132 Å². The van der Waals surface area contributed by atoms with Crippen molar-refractivity contribution >= 4 is 11.5 Å². The maximum absolute atomic E-state index is 13.2. The van der Waals surface area contributed by atoms with E-state index in [2.05, 4.69) is 5.10 Å². The molecule has 0 spiro atoms. The molecular weight excluding hydrogens is 299 g/mol. The van der Waals surface area contributed by atoms with E-state index in [0.29, 0.717) is 28.1 Å². The molecule has 2 heterocycles. The largest absolute Gasteiger partial charge is 0.497 e. The smallest absolute Gasteiger partial charge is 0.342 e. The van der Waals surface area contributed by atoms with Crippen LogP contribution in [-0.2, 0) is 4.74 Å². The van der Waals surface area contributed by atoms with Gasteiger partial charge in [-0.2, -0.15) is 5.10 Å². The Kier molecular flexibility index (Phi) is 3.97. The summed E-state index contributed by atoms with van der Waals surface area (Å²) in [7, 11) is 1.55. The molecule has 0 fully saturated rings. The Morgan fingerprint density at radius 1 is 1.26 bits per heavy atom. The highest BCUT2D eigenvalue weighted by Gasteiger charge is 2.22. The quantitative estimate of drug-likeness (QED) is 0.693. The fourth-order valence-corrected chi connectivity index (χ4v) is 2.37. The van der Waals surface area contributed by atoms with Crippen molar-refractivity contribution in [3.63, 3.8) is 0 Å². The average molecular weight is 314 g/mol. The highest BCUT2D eigenvalue weighted by Crippen LogP contribution is 2.29. The van der Waals surface area contributed by atoms with Gasteiger partial charge in [0.15, 0.2) is 0 Å². The van der Waals surface area contributed by atoms with Crippen LogP contribution in [-0.4, -0.2) is 29.3 Å². The van der Waals surface area contributed by atoms with Crippen LogP contribution in [0.4, 0.5) is 4.39 Å². The first kappa shape index (κ1) is 15.0. The molecule has 0 saturated carbocycles. The molecule has 23 heavy (non-hydrogen) atoms. The van der Waals surface area contributed by atoms with Gasteiger partial charge in [-0.1, -0.05) is 0 Å². The lowest BCUT2D eigenvalue weighted by molar-refractivity contribution is 0.0529. The first-order valence-corrected chi connectivity index (χ1v) is 7.13. The van der Waals surface area contributed by atoms with Gasteiger partial charge < -0.3 is 9.47 Å². The molecule has 0 aliphatic carbocycles. The minimum atomic E-state index is -0.477. The van der Waals surface area contributed by atoms with Gasteiger partial charge in [-0.25, -0.2) is 13.7 Å². The summed E-state index contributed by atoms with van der Waals surface area (Å²) in [5, 5.41) is 4.43. The van der Waals surface area contributed by atoms with Crippen molar-refractivity contribution in [3.05, 3.63) is 54.0 Å². The SMILES string of the molecule is CCOC(=O)c1c(-c2ccc(F)cc2)nn2ccc(OC)cc12. The van der Waals surface area contributed by atoms with Crippen molar-refractivity contribution < 1.29 is 18.7 Å². The number of nitrogens with zero attached hydrogens (tertiary/aromatic N) is 2. The van der Waals surface area contributed by atoms with Crippen molar-refractivity contribution in [2.45, 2.75) is 6.92 Å². The van der Waals surface area contributed by atoms with Gasteiger partial charge in [-0.05, 0) is 37.3 Å². The second-order valence-electron chi connectivity index (χ2n) is 4.85. The van der Waals surface area contributed by atoms with Gasteiger partial charge in [-0.15, -0.1) is 0 Å². The van der Waals surface area contributed by atoms with Crippen LogP contribution in [0, 0.1) is 5.82 Å². The summed E-state index contributed by atoms with van der Waals surface area (Å²) < 4.78 is 25.1. The van der Waals surface area contributed by atoms with Gasteiger partial charge in [0.1, 0.15) is 22.8 Å². The third-order valence-corrected chi connectivity index (χ3v) is 3.44. The first-order valence-electron chi connectivity index (χ1n) is 7.13. The number of methoxy groups -OCH3 is 1. The molecule has 3 aromatic rings. The van der Waals surface area contributed by atoms with Crippen molar-refractivity contribution in [2.24, 2.45) is 0 Å².